The molecule has 0 aromatic heterocycles. The largest absolute Gasteiger partial charge is 0.492 e. The molecule has 31 heavy (non-hydrogen) atoms. The topological polar surface area (TPSA) is 103 Å². The summed E-state index contributed by atoms with van der Waals surface area (Å²) in [7, 11) is 0. The molecule has 1 fully saturated rings. The van der Waals surface area contributed by atoms with Crippen molar-refractivity contribution in [3.05, 3.63) is 59.9 Å². The highest BCUT2D eigenvalue weighted by Gasteiger charge is 2.22. The maximum Gasteiger partial charge on any atom is 0.404 e. The van der Waals surface area contributed by atoms with E-state index in [1.807, 2.05) is 24.3 Å². The van der Waals surface area contributed by atoms with Gasteiger partial charge in [0.25, 0.3) is 0 Å². The Balaban J connectivity index is 1.36. The van der Waals surface area contributed by atoms with Crippen LogP contribution in [0.1, 0.15) is 18.4 Å². The van der Waals surface area contributed by atoms with Crippen LogP contribution in [0.2, 0.25) is 0 Å². The number of ether oxygens (including phenoxy) is 1. The van der Waals surface area contributed by atoms with Gasteiger partial charge < -0.3 is 30.7 Å². The number of benzene rings is 2. The van der Waals surface area contributed by atoms with Crippen molar-refractivity contribution in [3.63, 3.8) is 0 Å². The van der Waals surface area contributed by atoms with E-state index in [0.29, 0.717) is 25.4 Å². The summed E-state index contributed by atoms with van der Waals surface area (Å²) in [5.41, 5.74) is 1.83. The Morgan fingerprint density at radius 1 is 1.03 bits per heavy atom. The van der Waals surface area contributed by atoms with E-state index in [0.717, 1.165) is 24.1 Å². The summed E-state index contributed by atoms with van der Waals surface area (Å²) in [5, 5.41) is 17.1. The molecule has 2 aromatic carbocycles. The molecule has 1 saturated heterocycles. The van der Waals surface area contributed by atoms with E-state index in [1.165, 1.54) is 12.1 Å². The lowest BCUT2D eigenvalue weighted by atomic mass is 10.0. The second-order valence-corrected chi connectivity index (χ2v) is 7.30. The number of likely N-dealkylation sites (tertiary alicyclic amines) is 1. The molecule has 2 aromatic rings. The van der Waals surface area contributed by atoms with Crippen molar-refractivity contribution in [1.29, 1.82) is 0 Å². The number of nitrogens with zero attached hydrogens (tertiary/aromatic N) is 1. The van der Waals surface area contributed by atoms with Crippen LogP contribution < -0.4 is 20.7 Å². The summed E-state index contributed by atoms with van der Waals surface area (Å²) in [6, 6.07) is 13.8. The van der Waals surface area contributed by atoms with Crippen LogP contribution in [-0.4, -0.2) is 54.4 Å². The summed E-state index contributed by atoms with van der Waals surface area (Å²) in [5.74, 6) is 0.380. The van der Waals surface area contributed by atoms with Crippen LogP contribution >= 0.6 is 0 Å². The highest BCUT2D eigenvalue weighted by molar-refractivity contribution is 5.74. The van der Waals surface area contributed by atoms with Gasteiger partial charge >= 0.3 is 12.1 Å². The van der Waals surface area contributed by atoms with Crippen molar-refractivity contribution >= 4 is 17.8 Å². The Morgan fingerprint density at radius 3 is 2.35 bits per heavy atom. The number of rotatable bonds is 8. The number of hydrogen-bond acceptors (Lipinski definition) is 4. The zero-order valence-electron chi connectivity index (χ0n) is 17.1. The molecular formula is C22H27FN4O4. The second kappa shape index (κ2) is 11.1. The lowest BCUT2D eigenvalue weighted by Gasteiger charge is -2.33. The molecule has 0 unspecified atom stereocenters. The quantitative estimate of drug-likeness (QED) is 0.482. The third-order valence-electron chi connectivity index (χ3n) is 5.01. The predicted molar refractivity (Wildman–Crippen MR) is 115 cm³/mol. The Hall–Kier alpha value is -3.49. The summed E-state index contributed by atoms with van der Waals surface area (Å²) >= 11 is 0. The minimum Gasteiger partial charge on any atom is -0.492 e. The molecule has 166 valence electrons. The molecule has 1 aliphatic heterocycles. The average molecular weight is 430 g/mol. The molecule has 0 radical (unpaired) electrons. The molecule has 4 N–H and O–H groups in total. The van der Waals surface area contributed by atoms with Gasteiger partial charge in [0.15, 0.2) is 0 Å². The number of nitrogens with one attached hydrogen (secondary N) is 3. The first-order valence-electron chi connectivity index (χ1n) is 10.2. The number of amides is 3. The Morgan fingerprint density at radius 2 is 1.71 bits per heavy atom. The number of carboxylic acid groups (broad SMARTS) is 1. The van der Waals surface area contributed by atoms with Crippen LogP contribution in [0.4, 0.5) is 19.7 Å². The zero-order valence-corrected chi connectivity index (χ0v) is 17.1. The molecule has 0 bridgehead atoms. The standard InChI is InChI=1S/C22H27FN4O4/c23-17-3-1-16(2-4-17)15-25-21(28)27-12-9-19(10-13-27)26-18-5-7-20(8-6-18)31-14-11-24-22(29)30/h1-8,19,24,26H,9-15H2,(H,25,28)(H,29,30). The van der Waals surface area contributed by atoms with Crippen molar-refractivity contribution in [2.24, 2.45) is 0 Å². The number of piperidine rings is 1. The average Bonchev–Trinajstić information content (AvgIpc) is 2.77. The number of carbonyl (C=O) groups excluding carboxylic acids is 1. The molecule has 9 heteroatoms. The van der Waals surface area contributed by atoms with Gasteiger partial charge in [-0.1, -0.05) is 12.1 Å². The molecular weight excluding hydrogens is 403 g/mol. The van der Waals surface area contributed by atoms with Gasteiger partial charge in [-0.3, -0.25) is 0 Å². The van der Waals surface area contributed by atoms with E-state index in [1.54, 1.807) is 17.0 Å². The summed E-state index contributed by atoms with van der Waals surface area (Å²) in [4.78, 5) is 24.5. The predicted octanol–water partition coefficient (Wildman–Crippen LogP) is 3.26. The number of hydrogen-bond donors (Lipinski definition) is 4. The Bertz CT molecular complexity index is 853. The van der Waals surface area contributed by atoms with Crippen molar-refractivity contribution in [3.8, 4) is 5.75 Å². The molecule has 1 aliphatic rings. The van der Waals surface area contributed by atoms with Crippen molar-refractivity contribution in [2.75, 3.05) is 31.6 Å². The second-order valence-electron chi connectivity index (χ2n) is 7.30. The number of anilines is 1. The minimum absolute atomic E-state index is 0.110. The smallest absolute Gasteiger partial charge is 0.404 e. The molecule has 0 atom stereocenters. The first-order valence-corrected chi connectivity index (χ1v) is 10.2. The van der Waals surface area contributed by atoms with Crippen LogP contribution in [0.15, 0.2) is 48.5 Å². The van der Waals surface area contributed by atoms with E-state index in [4.69, 9.17) is 9.84 Å². The molecule has 3 amide bonds. The van der Waals surface area contributed by atoms with Crippen molar-refractivity contribution in [1.82, 2.24) is 15.5 Å². The molecule has 0 spiro atoms. The van der Waals surface area contributed by atoms with E-state index in [-0.39, 0.29) is 31.0 Å². The molecule has 8 nitrogen and oxygen atoms in total. The summed E-state index contributed by atoms with van der Waals surface area (Å²) in [6.07, 6.45) is 0.603. The van der Waals surface area contributed by atoms with Crippen LogP contribution in [-0.2, 0) is 6.54 Å². The monoisotopic (exact) mass is 430 g/mol. The van der Waals surface area contributed by atoms with Gasteiger partial charge in [-0.2, -0.15) is 0 Å². The van der Waals surface area contributed by atoms with Gasteiger partial charge in [-0.25, -0.2) is 14.0 Å². The Kier molecular flexibility index (Phi) is 7.91. The Labute approximate surface area is 180 Å². The molecule has 0 saturated carbocycles. The van der Waals surface area contributed by atoms with Crippen LogP contribution in [0.25, 0.3) is 0 Å². The van der Waals surface area contributed by atoms with Gasteiger partial charge in [-0.05, 0) is 54.8 Å². The van der Waals surface area contributed by atoms with Gasteiger partial charge in [0.1, 0.15) is 18.2 Å². The first kappa shape index (κ1) is 22.2. The maximum absolute atomic E-state index is 12.9. The van der Waals surface area contributed by atoms with E-state index >= 15 is 0 Å². The van der Waals surface area contributed by atoms with Gasteiger partial charge in [0, 0.05) is 31.4 Å². The fraction of sp³-hybridized carbons (Fsp3) is 0.364. The summed E-state index contributed by atoms with van der Waals surface area (Å²) in [6.45, 7) is 2.18. The van der Waals surface area contributed by atoms with Gasteiger partial charge in [-0.15, -0.1) is 0 Å². The van der Waals surface area contributed by atoms with Crippen LogP contribution in [0.5, 0.6) is 5.75 Å². The van der Waals surface area contributed by atoms with Gasteiger partial charge in [0.2, 0.25) is 0 Å². The third kappa shape index (κ3) is 7.36. The SMILES string of the molecule is O=C(O)NCCOc1ccc(NC2CCN(C(=O)NCc3ccc(F)cc3)CC2)cc1. The fourth-order valence-electron chi connectivity index (χ4n) is 3.33. The van der Waals surface area contributed by atoms with Crippen molar-refractivity contribution in [2.45, 2.75) is 25.4 Å². The molecule has 3 rings (SSSR count). The highest BCUT2D eigenvalue weighted by atomic mass is 19.1. The maximum atomic E-state index is 12.9. The number of halogens is 1. The van der Waals surface area contributed by atoms with Crippen molar-refractivity contribution < 1.29 is 23.8 Å². The number of urea groups is 1. The first-order chi connectivity index (χ1) is 15.0. The lowest BCUT2D eigenvalue weighted by molar-refractivity contribution is 0.183. The highest BCUT2D eigenvalue weighted by Crippen LogP contribution is 2.20. The number of carbonyl (C=O) groups is 2. The van der Waals surface area contributed by atoms with Crippen LogP contribution in [0, 0.1) is 5.82 Å². The van der Waals surface area contributed by atoms with Crippen LogP contribution in [0.3, 0.4) is 0 Å². The molecule has 0 aliphatic carbocycles. The lowest BCUT2D eigenvalue weighted by Crippen LogP contribution is -2.46. The molecule has 1 heterocycles. The summed E-state index contributed by atoms with van der Waals surface area (Å²) < 4.78 is 18.4. The normalized spacial score (nSPS) is 14.0. The van der Waals surface area contributed by atoms with E-state index in [9.17, 15) is 14.0 Å². The third-order valence-corrected chi connectivity index (χ3v) is 5.01. The minimum atomic E-state index is -1.07. The zero-order chi connectivity index (χ0) is 22.1. The fourth-order valence-corrected chi connectivity index (χ4v) is 3.33. The van der Waals surface area contributed by atoms with Gasteiger partial charge in [0.05, 0.1) is 6.54 Å². The van der Waals surface area contributed by atoms with E-state index in [2.05, 4.69) is 16.0 Å². The van der Waals surface area contributed by atoms with E-state index < -0.39 is 6.09 Å².